The molecule has 0 amide bonds. The van der Waals surface area contributed by atoms with Gasteiger partial charge in [-0.2, -0.15) is 0 Å². The number of rotatable bonds is 2. The van der Waals surface area contributed by atoms with Crippen LogP contribution in [0.2, 0.25) is 10.0 Å². The lowest BCUT2D eigenvalue weighted by atomic mass is 10.1. The quantitative estimate of drug-likeness (QED) is 0.811. The average molecular weight is 209 g/mol. The van der Waals surface area contributed by atoms with Crippen LogP contribution in [0.15, 0.2) is 12.4 Å². The highest BCUT2D eigenvalue weighted by molar-refractivity contribution is 6.35. The summed E-state index contributed by atoms with van der Waals surface area (Å²) in [6.45, 7) is -0.691. The van der Waals surface area contributed by atoms with E-state index in [0.29, 0.717) is 15.6 Å². The molecule has 0 saturated carbocycles. The summed E-state index contributed by atoms with van der Waals surface area (Å²) in [6, 6.07) is -0.770. The number of hydrogen-bond donors (Lipinski definition) is 1. The molecule has 1 heterocycles. The van der Waals surface area contributed by atoms with Gasteiger partial charge < -0.3 is 5.73 Å². The summed E-state index contributed by atoms with van der Waals surface area (Å²) in [5.41, 5.74) is 5.84. The Kier molecular flexibility index (Phi) is 3.26. The smallest absolute Gasteiger partial charge is 0.109 e. The van der Waals surface area contributed by atoms with Crippen molar-refractivity contribution < 1.29 is 4.39 Å². The molecule has 1 atom stereocenters. The van der Waals surface area contributed by atoms with Crippen LogP contribution in [-0.2, 0) is 0 Å². The molecule has 0 aromatic carbocycles. The molecule has 0 aliphatic heterocycles. The van der Waals surface area contributed by atoms with Crippen LogP contribution < -0.4 is 5.73 Å². The van der Waals surface area contributed by atoms with Gasteiger partial charge in [-0.25, -0.2) is 4.39 Å². The first-order chi connectivity index (χ1) is 5.66. The highest BCUT2D eigenvalue weighted by atomic mass is 35.5. The van der Waals surface area contributed by atoms with Gasteiger partial charge in [0.25, 0.3) is 0 Å². The summed E-state index contributed by atoms with van der Waals surface area (Å²) in [6.07, 6.45) is 2.77. The molecule has 0 aliphatic rings. The minimum atomic E-state index is -0.770. The molecule has 1 aromatic heterocycles. The molecule has 5 heteroatoms. The molecule has 1 aromatic rings. The zero-order chi connectivity index (χ0) is 9.14. The lowest BCUT2D eigenvalue weighted by molar-refractivity contribution is 0.437. The van der Waals surface area contributed by atoms with Crippen LogP contribution in [0.25, 0.3) is 0 Å². The van der Waals surface area contributed by atoms with Gasteiger partial charge in [0, 0.05) is 18.0 Å². The number of nitrogens with zero attached hydrogens (tertiary/aromatic N) is 1. The van der Waals surface area contributed by atoms with Crippen molar-refractivity contribution in [2.24, 2.45) is 5.73 Å². The van der Waals surface area contributed by atoms with Crippen molar-refractivity contribution in [1.29, 1.82) is 0 Å². The van der Waals surface area contributed by atoms with E-state index in [9.17, 15) is 4.39 Å². The van der Waals surface area contributed by atoms with Crippen molar-refractivity contribution in [2.45, 2.75) is 6.04 Å². The third-order valence-corrected chi connectivity index (χ3v) is 2.03. The summed E-state index contributed by atoms with van der Waals surface area (Å²) in [4.78, 5) is 3.72. The standard InChI is InChI=1S/C7H7Cl2FN2/c8-4-2-12-3-5(9)7(4)6(11)1-10/h2-3,6H,1,11H2. The number of alkyl halides is 1. The lowest BCUT2D eigenvalue weighted by Gasteiger charge is -2.10. The predicted octanol–water partition coefficient (Wildman–Crippen LogP) is 2.36. The first kappa shape index (κ1) is 9.71. The van der Waals surface area contributed by atoms with Crippen molar-refractivity contribution in [3.63, 3.8) is 0 Å². The van der Waals surface area contributed by atoms with Gasteiger partial charge in [-0.05, 0) is 0 Å². The zero-order valence-corrected chi connectivity index (χ0v) is 7.61. The van der Waals surface area contributed by atoms with Crippen LogP contribution in [0.3, 0.4) is 0 Å². The molecular weight excluding hydrogens is 202 g/mol. The number of pyridine rings is 1. The first-order valence-electron chi connectivity index (χ1n) is 3.27. The molecule has 0 fully saturated rings. The second kappa shape index (κ2) is 4.03. The maximum absolute atomic E-state index is 12.2. The third kappa shape index (κ3) is 1.86. The Morgan fingerprint density at radius 3 is 2.33 bits per heavy atom. The predicted molar refractivity (Wildman–Crippen MR) is 47.2 cm³/mol. The van der Waals surface area contributed by atoms with E-state index in [2.05, 4.69) is 4.98 Å². The lowest BCUT2D eigenvalue weighted by Crippen LogP contribution is -2.13. The zero-order valence-electron chi connectivity index (χ0n) is 6.10. The molecule has 2 N–H and O–H groups in total. The summed E-state index contributed by atoms with van der Waals surface area (Å²) in [5, 5.41) is 0.598. The fourth-order valence-electron chi connectivity index (χ4n) is 0.853. The molecule has 0 bridgehead atoms. The van der Waals surface area contributed by atoms with E-state index >= 15 is 0 Å². The van der Waals surface area contributed by atoms with Gasteiger partial charge in [0.15, 0.2) is 0 Å². The van der Waals surface area contributed by atoms with Gasteiger partial charge in [0.05, 0.1) is 16.1 Å². The fourth-order valence-corrected chi connectivity index (χ4v) is 1.50. The monoisotopic (exact) mass is 208 g/mol. The molecule has 1 unspecified atom stereocenters. The van der Waals surface area contributed by atoms with E-state index in [-0.39, 0.29) is 0 Å². The Hall–Kier alpha value is -0.380. The normalized spacial score (nSPS) is 13.0. The molecular formula is C7H7Cl2FN2. The second-order valence-electron chi connectivity index (χ2n) is 2.28. The number of aromatic nitrogens is 1. The maximum Gasteiger partial charge on any atom is 0.109 e. The maximum atomic E-state index is 12.2. The fraction of sp³-hybridized carbons (Fsp3) is 0.286. The first-order valence-corrected chi connectivity index (χ1v) is 4.03. The van der Waals surface area contributed by atoms with Gasteiger partial charge in [-0.1, -0.05) is 23.2 Å². The van der Waals surface area contributed by atoms with E-state index in [1.807, 2.05) is 0 Å². The van der Waals surface area contributed by atoms with Gasteiger partial charge in [-0.3, -0.25) is 4.98 Å². The second-order valence-corrected chi connectivity index (χ2v) is 3.09. The summed E-state index contributed by atoms with van der Waals surface area (Å²) >= 11 is 11.4. The summed E-state index contributed by atoms with van der Waals surface area (Å²) < 4.78 is 12.2. The van der Waals surface area contributed by atoms with E-state index in [0.717, 1.165) is 0 Å². The van der Waals surface area contributed by atoms with Gasteiger partial charge >= 0.3 is 0 Å². The van der Waals surface area contributed by atoms with Crippen LogP contribution >= 0.6 is 23.2 Å². The van der Waals surface area contributed by atoms with Gasteiger partial charge in [0.2, 0.25) is 0 Å². The Morgan fingerprint density at radius 2 is 1.92 bits per heavy atom. The number of hydrogen-bond acceptors (Lipinski definition) is 2. The van der Waals surface area contributed by atoms with E-state index in [1.54, 1.807) is 0 Å². The summed E-state index contributed by atoms with van der Waals surface area (Å²) in [7, 11) is 0. The molecule has 12 heavy (non-hydrogen) atoms. The molecule has 0 radical (unpaired) electrons. The minimum Gasteiger partial charge on any atom is -0.322 e. The molecule has 2 nitrogen and oxygen atoms in total. The Balaban J connectivity index is 3.12. The van der Waals surface area contributed by atoms with Crippen LogP contribution in [0.1, 0.15) is 11.6 Å². The van der Waals surface area contributed by atoms with Gasteiger partial charge in [0.1, 0.15) is 6.67 Å². The minimum absolute atomic E-state index is 0.299. The average Bonchev–Trinajstić information content (AvgIpc) is 2.03. The molecule has 1 rings (SSSR count). The SMILES string of the molecule is NC(CF)c1c(Cl)cncc1Cl. The van der Waals surface area contributed by atoms with E-state index < -0.39 is 12.7 Å². The summed E-state index contributed by atoms with van der Waals surface area (Å²) in [5.74, 6) is 0. The van der Waals surface area contributed by atoms with Crippen LogP contribution in [-0.4, -0.2) is 11.7 Å². The molecule has 0 saturated heterocycles. The number of nitrogens with two attached hydrogens (primary N) is 1. The molecule has 0 aliphatic carbocycles. The van der Waals surface area contributed by atoms with Crippen LogP contribution in [0, 0.1) is 0 Å². The highest BCUT2D eigenvalue weighted by Gasteiger charge is 2.13. The van der Waals surface area contributed by atoms with Crippen LogP contribution in [0.4, 0.5) is 4.39 Å². The Bertz CT molecular complexity index is 260. The van der Waals surface area contributed by atoms with Crippen molar-refractivity contribution in [3.8, 4) is 0 Å². The van der Waals surface area contributed by atoms with Crippen molar-refractivity contribution in [2.75, 3.05) is 6.67 Å². The molecule has 66 valence electrons. The van der Waals surface area contributed by atoms with Crippen molar-refractivity contribution >= 4 is 23.2 Å². The van der Waals surface area contributed by atoms with E-state index in [1.165, 1.54) is 12.4 Å². The van der Waals surface area contributed by atoms with Crippen LogP contribution in [0.5, 0.6) is 0 Å². The highest BCUT2D eigenvalue weighted by Crippen LogP contribution is 2.27. The third-order valence-electron chi connectivity index (χ3n) is 1.43. The Labute approximate surface area is 79.5 Å². The Morgan fingerprint density at radius 1 is 1.42 bits per heavy atom. The van der Waals surface area contributed by atoms with E-state index in [4.69, 9.17) is 28.9 Å². The number of halogens is 3. The molecule has 0 spiro atoms. The van der Waals surface area contributed by atoms with Gasteiger partial charge in [-0.15, -0.1) is 0 Å². The van der Waals surface area contributed by atoms with Crippen molar-refractivity contribution in [1.82, 2.24) is 4.98 Å². The largest absolute Gasteiger partial charge is 0.322 e. The van der Waals surface area contributed by atoms with Crippen molar-refractivity contribution in [3.05, 3.63) is 28.0 Å². The topological polar surface area (TPSA) is 38.9 Å².